The fourth-order valence-electron chi connectivity index (χ4n) is 8.96. The predicted molar refractivity (Wildman–Crippen MR) is 205 cm³/mol. The highest BCUT2D eigenvalue weighted by molar-refractivity contribution is 5.96. The summed E-state index contributed by atoms with van der Waals surface area (Å²) in [6.45, 7) is 4.74. The third kappa shape index (κ3) is 3.96. The van der Waals surface area contributed by atoms with Crippen molar-refractivity contribution in [3.05, 3.63) is 203 Å². The first-order chi connectivity index (χ1) is 24.5. The van der Waals surface area contributed by atoms with Gasteiger partial charge in [0.25, 0.3) is 0 Å². The van der Waals surface area contributed by atoms with E-state index in [4.69, 9.17) is 0 Å². The summed E-state index contributed by atoms with van der Waals surface area (Å²) in [5, 5.41) is 11.7. The average molecular weight is 639 g/mol. The highest BCUT2D eigenvalue weighted by Gasteiger charge is 2.53. The molecule has 0 aliphatic heterocycles. The zero-order valence-electron chi connectivity index (χ0n) is 28.1. The topological polar surface area (TPSA) is 25.8 Å². The van der Waals surface area contributed by atoms with E-state index >= 15 is 0 Å². The first-order valence-corrected chi connectivity index (χ1v) is 17.4. The zero-order valence-corrected chi connectivity index (χ0v) is 28.1. The van der Waals surface area contributed by atoms with Crippen LogP contribution in [0.15, 0.2) is 170 Å². The van der Waals surface area contributed by atoms with Gasteiger partial charge < -0.3 is 0 Å². The van der Waals surface area contributed by atoms with E-state index in [9.17, 15) is 0 Å². The second kappa shape index (κ2) is 10.7. The van der Waals surface area contributed by atoms with Crippen LogP contribution < -0.4 is 0 Å². The van der Waals surface area contributed by atoms with Gasteiger partial charge >= 0.3 is 0 Å². The summed E-state index contributed by atoms with van der Waals surface area (Å²) >= 11 is 0. The molecule has 1 heterocycles. The maximum absolute atomic E-state index is 4.65. The van der Waals surface area contributed by atoms with Crippen molar-refractivity contribution in [1.82, 2.24) is 10.2 Å². The minimum Gasteiger partial charge on any atom is -0.150 e. The second-order valence-electron chi connectivity index (χ2n) is 14.2. The van der Waals surface area contributed by atoms with E-state index in [0.717, 1.165) is 22.5 Å². The Morgan fingerprint density at radius 3 is 1.60 bits per heavy atom. The van der Waals surface area contributed by atoms with Gasteiger partial charge in [-0.2, -0.15) is 0 Å². The molecule has 0 saturated heterocycles. The third-order valence-electron chi connectivity index (χ3n) is 11.3. The van der Waals surface area contributed by atoms with Gasteiger partial charge in [0.15, 0.2) is 0 Å². The molecule has 0 atom stereocenters. The molecule has 1 aromatic heterocycles. The number of nitrogens with zero attached hydrogens (tertiary/aromatic N) is 2. The van der Waals surface area contributed by atoms with Crippen molar-refractivity contribution in [3.63, 3.8) is 0 Å². The number of fused-ring (bicyclic) bond motifs is 10. The lowest BCUT2D eigenvalue weighted by Gasteiger charge is -2.46. The zero-order chi connectivity index (χ0) is 33.5. The molecule has 0 saturated carbocycles. The van der Waals surface area contributed by atoms with Crippen molar-refractivity contribution >= 4 is 10.8 Å². The Morgan fingerprint density at radius 1 is 0.360 bits per heavy atom. The molecule has 50 heavy (non-hydrogen) atoms. The second-order valence-corrected chi connectivity index (χ2v) is 14.2. The molecule has 2 nitrogen and oxygen atoms in total. The summed E-state index contributed by atoms with van der Waals surface area (Å²) in [5.74, 6) is 0. The van der Waals surface area contributed by atoms with Gasteiger partial charge in [-0.1, -0.05) is 166 Å². The summed E-state index contributed by atoms with van der Waals surface area (Å²) in [7, 11) is 0. The molecule has 1 spiro atoms. The highest BCUT2D eigenvalue weighted by atomic mass is 15.1. The lowest BCUT2D eigenvalue weighted by Crippen LogP contribution is -2.40. The van der Waals surface area contributed by atoms with Crippen LogP contribution in [0.2, 0.25) is 0 Å². The van der Waals surface area contributed by atoms with Crippen molar-refractivity contribution in [2.75, 3.05) is 0 Å². The lowest BCUT2D eigenvalue weighted by atomic mass is 9.55. The number of rotatable bonds is 3. The monoisotopic (exact) mass is 638 g/mol. The van der Waals surface area contributed by atoms with E-state index in [1.807, 2.05) is 0 Å². The molecule has 0 fully saturated rings. The summed E-state index contributed by atoms with van der Waals surface area (Å²) in [4.78, 5) is 0. The highest BCUT2D eigenvalue weighted by Crippen LogP contribution is 2.62. The maximum atomic E-state index is 4.65. The molecule has 0 radical (unpaired) electrons. The van der Waals surface area contributed by atoms with Crippen LogP contribution in [0.5, 0.6) is 0 Å². The standard InChI is InChI=1S/C48H34N2/c1-47(2)41-18-7-9-20-43(41)48(44-21-10-8-19-42(44)47)39-17-6-5-15-36(39)38-30-34(26-27-40(38)48)31-22-24-33(25-23-31)45-28-29-46(50-49-45)37-16-11-13-32-12-3-4-14-35(32)37/h3-30H,1-2H3. The lowest BCUT2D eigenvalue weighted by molar-refractivity contribution is 0.563. The molecule has 7 aromatic carbocycles. The Bertz CT molecular complexity index is 2560. The third-order valence-corrected chi connectivity index (χ3v) is 11.3. The van der Waals surface area contributed by atoms with Gasteiger partial charge in [0.1, 0.15) is 0 Å². The minimum absolute atomic E-state index is 0.0988. The Balaban J connectivity index is 1.05. The number of benzene rings is 7. The van der Waals surface area contributed by atoms with Crippen LogP contribution in [0, 0.1) is 0 Å². The van der Waals surface area contributed by atoms with Gasteiger partial charge in [-0.15, -0.1) is 10.2 Å². The Morgan fingerprint density at radius 2 is 0.880 bits per heavy atom. The summed E-state index contributed by atoms with van der Waals surface area (Å²) < 4.78 is 0. The number of hydrogen-bond acceptors (Lipinski definition) is 2. The van der Waals surface area contributed by atoms with Gasteiger partial charge in [0.05, 0.1) is 16.8 Å². The molecule has 2 heteroatoms. The summed E-state index contributed by atoms with van der Waals surface area (Å²) in [6, 6.07) is 62.0. The fraction of sp³-hybridized carbons (Fsp3) is 0.0833. The van der Waals surface area contributed by atoms with Crippen molar-refractivity contribution < 1.29 is 0 Å². The molecule has 0 N–H and O–H groups in total. The van der Waals surface area contributed by atoms with Crippen LogP contribution in [0.4, 0.5) is 0 Å². The molecule has 0 unspecified atom stereocenters. The molecule has 236 valence electrons. The van der Waals surface area contributed by atoms with Gasteiger partial charge in [0.2, 0.25) is 0 Å². The largest absolute Gasteiger partial charge is 0.150 e. The Hall–Kier alpha value is -6.12. The number of aromatic nitrogens is 2. The Kier molecular flexibility index (Phi) is 6.17. The van der Waals surface area contributed by atoms with Crippen LogP contribution in [0.1, 0.15) is 47.2 Å². The van der Waals surface area contributed by atoms with Crippen molar-refractivity contribution in [2.24, 2.45) is 0 Å². The van der Waals surface area contributed by atoms with Gasteiger partial charge in [-0.3, -0.25) is 0 Å². The minimum atomic E-state index is -0.367. The molecule has 2 aliphatic carbocycles. The maximum Gasteiger partial charge on any atom is 0.0936 e. The van der Waals surface area contributed by atoms with Crippen LogP contribution in [-0.4, -0.2) is 10.2 Å². The molecule has 0 amide bonds. The smallest absolute Gasteiger partial charge is 0.0936 e. The molecule has 8 aromatic rings. The van der Waals surface area contributed by atoms with E-state index in [1.165, 1.54) is 66.4 Å². The fourth-order valence-corrected chi connectivity index (χ4v) is 8.96. The van der Waals surface area contributed by atoms with Crippen molar-refractivity contribution in [2.45, 2.75) is 24.7 Å². The van der Waals surface area contributed by atoms with Crippen molar-refractivity contribution in [3.8, 4) is 44.8 Å². The normalized spacial score (nSPS) is 14.5. The van der Waals surface area contributed by atoms with Crippen LogP contribution in [0.3, 0.4) is 0 Å². The summed E-state index contributed by atoms with van der Waals surface area (Å²) in [5.41, 5.74) is 16.7. The molecular weight excluding hydrogens is 605 g/mol. The molecule has 2 aliphatic rings. The van der Waals surface area contributed by atoms with E-state index in [0.29, 0.717) is 0 Å². The summed E-state index contributed by atoms with van der Waals surface area (Å²) in [6.07, 6.45) is 0. The number of hydrogen-bond donors (Lipinski definition) is 0. The molecular formula is C48H34N2. The SMILES string of the molecule is CC1(C)c2ccccc2C2(c3ccccc3-c3cc(-c4ccc(-c5ccc(-c6cccc7ccccc67)nn5)cc4)ccc32)c2ccccc21. The first kappa shape index (κ1) is 28.9. The van der Waals surface area contributed by atoms with Gasteiger partial charge in [0, 0.05) is 16.5 Å². The predicted octanol–water partition coefficient (Wildman–Crippen LogP) is 11.6. The first-order valence-electron chi connectivity index (χ1n) is 17.4. The molecule has 0 bridgehead atoms. The van der Waals surface area contributed by atoms with E-state index in [-0.39, 0.29) is 10.8 Å². The quantitative estimate of drug-likeness (QED) is 0.192. The molecule has 10 rings (SSSR count). The van der Waals surface area contributed by atoms with Gasteiger partial charge in [-0.05, 0) is 84.6 Å². The van der Waals surface area contributed by atoms with Crippen molar-refractivity contribution in [1.29, 1.82) is 0 Å². The average Bonchev–Trinajstić information content (AvgIpc) is 3.47. The van der Waals surface area contributed by atoms with Crippen LogP contribution in [0.25, 0.3) is 55.5 Å². The van der Waals surface area contributed by atoms with Gasteiger partial charge in [-0.25, -0.2) is 0 Å². The Labute approximate surface area is 292 Å². The van der Waals surface area contributed by atoms with Crippen LogP contribution in [-0.2, 0) is 10.8 Å². The van der Waals surface area contributed by atoms with E-state index < -0.39 is 0 Å². The van der Waals surface area contributed by atoms with Crippen LogP contribution >= 0.6 is 0 Å². The van der Waals surface area contributed by atoms with E-state index in [2.05, 4.69) is 194 Å². The van der Waals surface area contributed by atoms with E-state index in [1.54, 1.807) is 0 Å².